The number of rotatable bonds is 3. The molecule has 1 saturated carbocycles. The molecule has 3 aliphatic rings. The average molecular weight is 448 g/mol. The highest BCUT2D eigenvalue weighted by atomic mass is 16.2. The lowest BCUT2D eigenvalue weighted by molar-refractivity contribution is 0.0558. The van der Waals surface area contributed by atoms with Gasteiger partial charge in [0.25, 0.3) is 17.7 Å². The summed E-state index contributed by atoms with van der Waals surface area (Å²) in [4.78, 5) is 53.0. The Balaban J connectivity index is 1.33. The van der Waals surface area contributed by atoms with Crippen molar-refractivity contribution >= 4 is 23.4 Å². The Morgan fingerprint density at radius 3 is 2.30 bits per heavy atom. The number of hydrogen-bond donors (Lipinski definition) is 0. The number of amides is 3. The number of nitrogens with zero attached hydrogens (tertiary/aromatic N) is 5. The van der Waals surface area contributed by atoms with Crippen LogP contribution in [-0.2, 0) is 0 Å². The third-order valence-corrected chi connectivity index (χ3v) is 7.05. The van der Waals surface area contributed by atoms with Crippen molar-refractivity contribution in [2.45, 2.75) is 51.0 Å². The standard InChI is InChI=1S/C25H29N5O3/c31-23-19-9-6-10-21(22(19)25(33)30(23)18-7-4-2-1-3-5-8-18)28-13-15-29(16-14-28)24(32)20-17-26-11-12-27-20/h6,9-12,17-18H,1-5,7-8,13-16H2. The van der Waals surface area contributed by atoms with Crippen molar-refractivity contribution in [2.75, 3.05) is 31.1 Å². The number of carbonyl (C=O) groups excluding carboxylic acids is 3. The second kappa shape index (κ2) is 9.29. The van der Waals surface area contributed by atoms with Gasteiger partial charge in [0, 0.05) is 44.6 Å². The molecule has 33 heavy (non-hydrogen) atoms. The number of anilines is 1. The van der Waals surface area contributed by atoms with E-state index in [1.54, 1.807) is 17.2 Å². The number of carbonyl (C=O) groups is 3. The molecule has 0 N–H and O–H groups in total. The van der Waals surface area contributed by atoms with E-state index in [4.69, 9.17) is 0 Å². The fraction of sp³-hybridized carbons (Fsp3) is 0.480. The third-order valence-electron chi connectivity index (χ3n) is 7.05. The van der Waals surface area contributed by atoms with Gasteiger partial charge in [0.05, 0.1) is 23.0 Å². The second-order valence-electron chi connectivity index (χ2n) is 9.05. The summed E-state index contributed by atoms with van der Waals surface area (Å²) >= 11 is 0. The first-order valence-corrected chi connectivity index (χ1v) is 12.0. The molecular weight excluding hydrogens is 418 g/mol. The van der Waals surface area contributed by atoms with Gasteiger partial charge in [0.15, 0.2) is 0 Å². The molecular formula is C25H29N5O3. The maximum Gasteiger partial charge on any atom is 0.274 e. The Bertz CT molecular complexity index is 1040. The van der Waals surface area contributed by atoms with Crippen LogP contribution in [0.2, 0.25) is 0 Å². The minimum absolute atomic E-state index is 0.00741. The van der Waals surface area contributed by atoms with Gasteiger partial charge in [-0.2, -0.15) is 0 Å². The number of fused-ring (bicyclic) bond motifs is 1. The molecule has 2 aromatic rings. The van der Waals surface area contributed by atoms with Crippen molar-refractivity contribution in [3.05, 3.63) is 53.6 Å². The van der Waals surface area contributed by atoms with Gasteiger partial charge in [-0.3, -0.25) is 24.3 Å². The summed E-state index contributed by atoms with van der Waals surface area (Å²) in [6.45, 7) is 2.22. The van der Waals surface area contributed by atoms with E-state index in [0.29, 0.717) is 43.0 Å². The fourth-order valence-electron chi connectivity index (χ4n) is 5.30. The summed E-state index contributed by atoms with van der Waals surface area (Å²) in [5.74, 6) is -0.448. The maximum atomic E-state index is 13.5. The van der Waals surface area contributed by atoms with Gasteiger partial charge in [-0.15, -0.1) is 0 Å². The molecule has 3 heterocycles. The molecule has 2 fully saturated rings. The van der Waals surface area contributed by atoms with E-state index in [2.05, 4.69) is 14.9 Å². The molecule has 0 unspecified atom stereocenters. The molecule has 5 rings (SSSR count). The predicted molar refractivity (Wildman–Crippen MR) is 123 cm³/mol. The highest BCUT2D eigenvalue weighted by Gasteiger charge is 2.42. The zero-order valence-corrected chi connectivity index (χ0v) is 18.8. The highest BCUT2D eigenvalue weighted by molar-refractivity contribution is 6.24. The van der Waals surface area contributed by atoms with Crippen LogP contribution in [0.15, 0.2) is 36.8 Å². The van der Waals surface area contributed by atoms with E-state index < -0.39 is 0 Å². The van der Waals surface area contributed by atoms with Crippen molar-refractivity contribution in [2.24, 2.45) is 0 Å². The van der Waals surface area contributed by atoms with Crippen LogP contribution in [0.3, 0.4) is 0 Å². The number of imide groups is 1. The van der Waals surface area contributed by atoms with Gasteiger partial charge >= 0.3 is 0 Å². The summed E-state index contributed by atoms with van der Waals surface area (Å²) in [5.41, 5.74) is 2.17. The second-order valence-corrected chi connectivity index (χ2v) is 9.05. The van der Waals surface area contributed by atoms with Crippen molar-refractivity contribution in [1.29, 1.82) is 0 Å². The Morgan fingerprint density at radius 2 is 1.61 bits per heavy atom. The van der Waals surface area contributed by atoms with Crippen LogP contribution in [0.1, 0.15) is 76.2 Å². The van der Waals surface area contributed by atoms with Gasteiger partial charge in [0.1, 0.15) is 5.69 Å². The van der Waals surface area contributed by atoms with Crippen LogP contribution in [0, 0.1) is 0 Å². The molecule has 172 valence electrons. The molecule has 3 amide bonds. The summed E-state index contributed by atoms with van der Waals surface area (Å²) in [6.07, 6.45) is 12.0. The Kier molecular flexibility index (Phi) is 6.07. The molecule has 1 aromatic carbocycles. The largest absolute Gasteiger partial charge is 0.367 e. The first kappa shape index (κ1) is 21.6. The molecule has 1 aliphatic carbocycles. The molecule has 8 heteroatoms. The zero-order chi connectivity index (χ0) is 22.8. The molecule has 0 atom stereocenters. The minimum Gasteiger partial charge on any atom is -0.367 e. The summed E-state index contributed by atoms with van der Waals surface area (Å²) in [5, 5.41) is 0. The molecule has 0 spiro atoms. The van der Waals surface area contributed by atoms with Gasteiger partial charge in [-0.25, -0.2) is 4.98 Å². The van der Waals surface area contributed by atoms with Crippen molar-refractivity contribution in [3.8, 4) is 0 Å². The molecule has 0 bridgehead atoms. The van der Waals surface area contributed by atoms with Gasteiger partial charge in [-0.1, -0.05) is 38.2 Å². The van der Waals surface area contributed by atoms with Crippen LogP contribution in [0.5, 0.6) is 0 Å². The van der Waals surface area contributed by atoms with Gasteiger partial charge in [0.2, 0.25) is 0 Å². The Hall–Kier alpha value is -3.29. The fourth-order valence-corrected chi connectivity index (χ4v) is 5.30. The van der Waals surface area contributed by atoms with Crippen LogP contribution in [0.25, 0.3) is 0 Å². The van der Waals surface area contributed by atoms with E-state index in [-0.39, 0.29) is 23.8 Å². The molecule has 1 aromatic heterocycles. The van der Waals surface area contributed by atoms with E-state index in [1.165, 1.54) is 36.6 Å². The summed E-state index contributed by atoms with van der Waals surface area (Å²) in [7, 11) is 0. The lowest BCUT2D eigenvalue weighted by Gasteiger charge is -2.36. The number of piperazine rings is 1. The molecule has 0 radical (unpaired) electrons. The lowest BCUT2D eigenvalue weighted by Crippen LogP contribution is -2.49. The monoisotopic (exact) mass is 447 g/mol. The normalized spacial score (nSPS) is 19.9. The smallest absolute Gasteiger partial charge is 0.274 e. The van der Waals surface area contributed by atoms with E-state index >= 15 is 0 Å². The summed E-state index contributed by atoms with van der Waals surface area (Å²) < 4.78 is 0. The minimum atomic E-state index is -0.158. The quantitative estimate of drug-likeness (QED) is 0.672. The van der Waals surface area contributed by atoms with Gasteiger partial charge < -0.3 is 9.80 Å². The maximum absolute atomic E-state index is 13.5. The van der Waals surface area contributed by atoms with Gasteiger partial charge in [-0.05, 0) is 25.0 Å². The van der Waals surface area contributed by atoms with E-state index in [1.807, 2.05) is 12.1 Å². The van der Waals surface area contributed by atoms with Crippen LogP contribution in [0.4, 0.5) is 5.69 Å². The predicted octanol–water partition coefficient (Wildman–Crippen LogP) is 3.15. The first-order chi connectivity index (χ1) is 16.1. The topological polar surface area (TPSA) is 86.7 Å². The number of benzene rings is 1. The average Bonchev–Trinajstić information content (AvgIpc) is 3.09. The van der Waals surface area contributed by atoms with Crippen molar-refractivity contribution < 1.29 is 14.4 Å². The Morgan fingerprint density at radius 1 is 0.879 bits per heavy atom. The van der Waals surface area contributed by atoms with Crippen LogP contribution >= 0.6 is 0 Å². The van der Waals surface area contributed by atoms with Crippen molar-refractivity contribution in [3.63, 3.8) is 0 Å². The zero-order valence-electron chi connectivity index (χ0n) is 18.8. The van der Waals surface area contributed by atoms with E-state index in [0.717, 1.165) is 31.4 Å². The number of aromatic nitrogens is 2. The lowest BCUT2D eigenvalue weighted by atomic mass is 9.95. The van der Waals surface area contributed by atoms with E-state index in [9.17, 15) is 14.4 Å². The van der Waals surface area contributed by atoms with Crippen molar-refractivity contribution in [1.82, 2.24) is 19.8 Å². The third kappa shape index (κ3) is 4.10. The summed E-state index contributed by atoms with van der Waals surface area (Å²) in [6, 6.07) is 5.55. The molecule has 1 saturated heterocycles. The molecule has 8 nitrogen and oxygen atoms in total. The Labute approximate surface area is 193 Å². The van der Waals surface area contributed by atoms with Crippen LogP contribution in [-0.4, -0.2) is 69.7 Å². The first-order valence-electron chi connectivity index (χ1n) is 12.0. The number of hydrogen-bond acceptors (Lipinski definition) is 6. The van der Waals surface area contributed by atoms with Crippen LogP contribution < -0.4 is 4.90 Å². The highest BCUT2D eigenvalue weighted by Crippen LogP contribution is 2.35. The molecule has 2 aliphatic heterocycles. The SMILES string of the molecule is O=C(c1cnccn1)N1CCN(c2cccc3c2C(=O)N(C2CCCCCCC2)C3=O)CC1.